The first-order valence-corrected chi connectivity index (χ1v) is 8.79. The number of benzene rings is 2. The van der Waals surface area contributed by atoms with Crippen LogP contribution < -0.4 is 10.6 Å². The summed E-state index contributed by atoms with van der Waals surface area (Å²) in [6.45, 7) is 4.81. The fraction of sp³-hybridized carbons (Fsp3) is 0.250. The summed E-state index contributed by atoms with van der Waals surface area (Å²) in [6.07, 6.45) is -1.05. The lowest BCUT2D eigenvalue weighted by Crippen LogP contribution is -2.42. The predicted molar refractivity (Wildman–Crippen MR) is 104 cm³/mol. The Hall–Kier alpha value is -2.86. The lowest BCUT2D eigenvalue weighted by Gasteiger charge is -2.18. The molecule has 142 valence electrons. The molecule has 0 spiro atoms. The Bertz CT molecular complexity index is 853. The SMILES string of the molecule is Cc1cccc(C(=O)N[C@@H](C)C(=O)O[C@H](C)C(=O)Nc2ccccc2Cl)c1. The maximum absolute atomic E-state index is 12.2. The van der Waals surface area contributed by atoms with E-state index in [4.69, 9.17) is 16.3 Å². The first-order valence-electron chi connectivity index (χ1n) is 8.41. The molecule has 27 heavy (non-hydrogen) atoms. The van der Waals surface area contributed by atoms with Crippen LogP contribution >= 0.6 is 11.6 Å². The highest BCUT2D eigenvalue weighted by Gasteiger charge is 2.24. The number of carbonyl (C=O) groups excluding carboxylic acids is 3. The number of para-hydroxylation sites is 1. The van der Waals surface area contributed by atoms with Gasteiger partial charge in [0.05, 0.1) is 10.7 Å². The summed E-state index contributed by atoms with van der Waals surface area (Å²) in [6, 6.07) is 12.8. The fourth-order valence-corrected chi connectivity index (χ4v) is 2.43. The summed E-state index contributed by atoms with van der Waals surface area (Å²) in [5.74, 6) is -1.62. The lowest BCUT2D eigenvalue weighted by molar-refractivity contribution is -0.154. The minimum Gasteiger partial charge on any atom is -0.451 e. The topological polar surface area (TPSA) is 84.5 Å². The lowest BCUT2D eigenvalue weighted by atomic mass is 10.1. The van der Waals surface area contributed by atoms with Gasteiger partial charge in [-0.15, -0.1) is 0 Å². The number of hydrogen-bond acceptors (Lipinski definition) is 4. The van der Waals surface area contributed by atoms with E-state index in [-0.39, 0.29) is 0 Å². The molecule has 0 aliphatic carbocycles. The normalized spacial score (nSPS) is 12.6. The highest BCUT2D eigenvalue weighted by Crippen LogP contribution is 2.20. The van der Waals surface area contributed by atoms with Gasteiger partial charge in [0.2, 0.25) is 0 Å². The second kappa shape index (κ2) is 9.19. The minimum absolute atomic E-state index is 0.378. The van der Waals surface area contributed by atoms with E-state index in [9.17, 15) is 14.4 Å². The van der Waals surface area contributed by atoms with E-state index in [1.807, 2.05) is 13.0 Å². The molecule has 2 N–H and O–H groups in total. The van der Waals surface area contributed by atoms with E-state index >= 15 is 0 Å². The van der Waals surface area contributed by atoms with Gasteiger partial charge in [-0.25, -0.2) is 4.79 Å². The zero-order valence-corrected chi connectivity index (χ0v) is 16.0. The van der Waals surface area contributed by atoms with Gasteiger partial charge < -0.3 is 15.4 Å². The third kappa shape index (κ3) is 5.82. The molecular weight excluding hydrogens is 368 g/mol. The van der Waals surface area contributed by atoms with Crippen molar-refractivity contribution in [2.24, 2.45) is 0 Å². The first-order chi connectivity index (χ1) is 12.8. The highest BCUT2D eigenvalue weighted by atomic mass is 35.5. The number of rotatable bonds is 6. The van der Waals surface area contributed by atoms with Gasteiger partial charge in [0.15, 0.2) is 6.10 Å². The van der Waals surface area contributed by atoms with Crippen LogP contribution in [0.15, 0.2) is 48.5 Å². The largest absolute Gasteiger partial charge is 0.451 e. The van der Waals surface area contributed by atoms with E-state index in [2.05, 4.69) is 10.6 Å². The molecule has 2 rings (SSSR count). The number of ether oxygens (including phenoxy) is 1. The van der Waals surface area contributed by atoms with Crippen molar-refractivity contribution in [3.63, 3.8) is 0 Å². The van der Waals surface area contributed by atoms with Crippen LogP contribution in [0.4, 0.5) is 5.69 Å². The van der Waals surface area contributed by atoms with E-state index in [0.717, 1.165) is 5.56 Å². The standard InChI is InChI=1S/C20H21ClN2O4/c1-12-7-6-8-15(11-12)19(25)22-13(2)20(26)27-14(3)18(24)23-17-10-5-4-9-16(17)21/h4-11,13-14H,1-3H3,(H,22,25)(H,23,24)/t13-,14+/m0/s1. The smallest absolute Gasteiger partial charge is 0.329 e. The number of anilines is 1. The Morgan fingerprint density at radius 1 is 1.04 bits per heavy atom. The predicted octanol–water partition coefficient (Wildman–Crippen LogP) is 3.34. The van der Waals surface area contributed by atoms with Crippen LogP contribution in [0.1, 0.15) is 29.8 Å². The molecule has 2 atom stereocenters. The molecule has 2 aromatic rings. The Morgan fingerprint density at radius 3 is 2.41 bits per heavy atom. The Balaban J connectivity index is 1.90. The fourth-order valence-electron chi connectivity index (χ4n) is 2.25. The minimum atomic E-state index is -1.05. The molecular formula is C20H21ClN2O4. The highest BCUT2D eigenvalue weighted by molar-refractivity contribution is 6.33. The average Bonchev–Trinajstić information content (AvgIpc) is 2.63. The van der Waals surface area contributed by atoms with Gasteiger partial charge in [0.1, 0.15) is 6.04 Å². The van der Waals surface area contributed by atoms with Gasteiger partial charge in [-0.1, -0.05) is 41.4 Å². The number of halogens is 1. The molecule has 0 radical (unpaired) electrons. The first kappa shape index (κ1) is 20.5. The molecule has 0 saturated carbocycles. The number of nitrogens with one attached hydrogen (secondary N) is 2. The van der Waals surface area contributed by atoms with Crippen LogP contribution in [0.5, 0.6) is 0 Å². The number of aryl methyl sites for hydroxylation is 1. The Labute approximate surface area is 162 Å². The maximum Gasteiger partial charge on any atom is 0.329 e. The molecule has 0 fully saturated rings. The van der Waals surface area contributed by atoms with Crippen molar-refractivity contribution in [3.05, 3.63) is 64.7 Å². The second-order valence-electron chi connectivity index (χ2n) is 6.11. The number of esters is 1. The molecule has 2 aromatic carbocycles. The quantitative estimate of drug-likeness (QED) is 0.743. The van der Waals surface area contributed by atoms with Gasteiger partial charge in [0.25, 0.3) is 11.8 Å². The second-order valence-corrected chi connectivity index (χ2v) is 6.52. The van der Waals surface area contributed by atoms with Crippen molar-refractivity contribution in [2.45, 2.75) is 32.9 Å². The van der Waals surface area contributed by atoms with Crippen molar-refractivity contribution >= 4 is 35.1 Å². The van der Waals surface area contributed by atoms with Crippen LogP contribution in [0, 0.1) is 6.92 Å². The molecule has 0 aromatic heterocycles. The van der Waals surface area contributed by atoms with Crippen LogP contribution in [0.3, 0.4) is 0 Å². The third-order valence-corrected chi connectivity index (χ3v) is 4.10. The van der Waals surface area contributed by atoms with Crippen LogP contribution in [-0.2, 0) is 14.3 Å². The van der Waals surface area contributed by atoms with Crippen LogP contribution in [0.25, 0.3) is 0 Å². The van der Waals surface area contributed by atoms with Gasteiger partial charge in [-0.2, -0.15) is 0 Å². The Morgan fingerprint density at radius 2 is 1.74 bits per heavy atom. The van der Waals surface area contributed by atoms with Crippen LogP contribution in [-0.4, -0.2) is 29.9 Å². The van der Waals surface area contributed by atoms with E-state index in [1.165, 1.54) is 13.8 Å². The average molecular weight is 389 g/mol. The van der Waals surface area contributed by atoms with Crippen molar-refractivity contribution in [2.75, 3.05) is 5.32 Å². The van der Waals surface area contributed by atoms with E-state index < -0.39 is 29.9 Å². The van der Waals surface area contributed by atoms with Crippen LogP contribution in [0.2, 0.25) is 5.02 Å². The van der Waals surface area contributed by atoms with E-state index in [1.54, 1.807) is 42.5 Å². The Kier molecular flexibility index (Phi) is 6.96. The maximum atomic E-state index is 12.2. The summed E-state index contributed by atoms with van der Waals surface area (Å²) >= 11 is 5.99. The van der Waals surface area contributed by atoms with Crippen molar-refractivity contribution < 1.29 is 19.1 Å². The molecule has 0 saturated heterocycles. The molecule has 2 amide bonds. The third-order valence-electron chi connectivity index (χ3n) is 3.78. The molecule has 0 aliphatic heterocycles. The van der Waals surface area contributed by atoms with E-state index in [0.29, 0.717) is 16.3 Å². The summed E-state index contributed by atoms with van der Waals surface area (Å²) in [4.78, 5) is 36.5. The van der Waals surface area contributed by atoms with Gasteiger partial charge in [0, 0.05) is 5.56 Å². The van der Waals surface area contributed by atoms with Crippen molar-refractivity contribution in [1.82, 2.24) is 5.32 Å². The van der Waals surface area contributed by atoms with Gasteiger partial charge in [-0.3, -0.25) is 9.59 Å². The summed E-state index contributed by atoms with van der Waals surface area (Å²) in [7, 11) is 0. The molecule has 7 heteroatoms. The van der Waals surface area contributed by atoms with Gasteiger partial charge in [-0.05, 0) is 45.0 Å². The number of amides is 2. The molecule has 0 heterocycles. The zero-order chi connectivity index (χ0) is 20.0. The molecule has 0 bridgehead atoms. The summed E-state index contributed by atoms with van der Waals surface area (Å²) < 4.78 is 5.14. The number of hydrogen-bond donors (Lipinski definition) is 2. The van der Waals surface area contributed by atoms with Crippen molar-refractivity contribution in [3.8, 4) is 0 Å². The zero-order valence-electron chi connectivity index (χ0n) is 15.3. The summed E-state index contributed by atoms with van der Waals surface area (Å²) in [5, 5.41) is 5.53. The molecule has 0 aliphatic rings. The molecule has 6 nitrogen and oxygen atoms in total. The number of carbonyl (C=O) groups is 3. The van der Waals surface area contributed by atoms with Crippen molar-refractivity contribution in [1.29, 1.82) is 0 Å². The monoisotopic (exact) mass is 388 g/mol. The van der Waals surface area contributed by atoms with Gasteiger partial charge >= 0.3 is 5.97 Å². The summed E-state index contributed by atoms with van der Waals surface area (Å²) in [5.41, 5.74) is 1.80. The molecule has 0 unspecified atom stereocenters.